The highest BCUT2D eigenvalue weighted by Crippen LogP contribution is 2.37. The zero-order chi connectivity index (χ0) is 20.2. The number of halogens is 1. The van der Waals surface area contributed by atoms with Crippen molar-refractivity contribution >= 4 is 11.6 Å². The molecular weight excluding hydrogens is 371 g/mol. The molecule has 3 fully saturated rings. The standard InChI is InChI=1S/C20H31FN8/c1-28-10-13-9-24-18(15(13)11-28)12-4-6-29(7-5-12)17-3-2-14(8-16(17)21)20(23)25-19(22)26-27-20/h2-3,8,12-13,15,18,24,27H,4-7,9-11,23H2,1H3,(H3,22,25,26). The van der Waals surface area contributed by atoms with Crippen LogP contribution >= 0.6 is 0 Å². The molecule has 0 spiro atoms. The van der Waals surface area contributed by atoms with Gasteiger partial charge in [-0.25, -0.2) is 9.38 Å². The van der Waals surface area contributed by atoms with Gasteiger partial charge in [-0.3, -0.25) is 11.2 Å². The maximum atomic E-state index is 14.9. The lowest BCUT2D eigenvalue weighted by atomic mass is 9.81. The molecule has 1 aromatic carbocycles. The molecule has 9 heteroatoms. The zero-order valence-electron chi connectivity index (χ0n) is 16.9. The van der Waals surface area contributed by atoms with Crippen molar-refractivity contribution in [3.8, 4) is 0 Å². The first kappa shape index (κ1) is 19.0. The molecule has 0 aromatic heterocycles. The Labute approximate surface area is 170 Å². The van der Waals surface area contributed by atoms with E-state index in [0.717, 1.165) is 44.3 Å². The van der Waals surface area contributed by atoms with Crippen LogP contribution in [0, 0.1) is 23.6 Å². The molecule has 5 rings (SSSR count). The van der Waals surface area contributed by atoms with Gasteiger partial charge in [-0.05, 0) is 56.3 Å². The molecule has 0 aliphatic carbocycles. The lowest BCUT2D eigenvalue weighted by Gasteiger charge is -2.38. The quantitative estimate of drug-likeness (QED) is 0.472. The SMILES string of the molecule is CN1CC2CNC(C3CCN(c4ccc(C5(N)N=C(N)NN5)cc4F)CC3)C2C1. The Bertz CT molecular complexity index is 808. The molecule has 0 bridgehead atoms. The summed E-state index contributed by atoms with van der Waals surface area (Å²) in [4.78, 5) is 8.74. The van der Waals surface area contributed by atoms with Gasteiger partial charge < -0.3 is 20.9 Å². The Hall–Kier alpha value is -1.94. The van der Waals surface area contributed by atoms with Gasteiger partial charge in [0.15, 0.2) is 0 Å². The summed E-state index contributed by atoms with van der Waals surface area (Å²) in [5.41, 5.74) is 18.4. The number of fused-ring (bicyclic) bond motifs is 1. The van der Waals surface area contributed by atoms with Crippen LogP contribution < -0.4 is 32.5 Å². The molecule has 4 aliphatic heterocycles. The Morgan fingerprint density at radius 1 is 1.21 bits per heavy atom. The lowest BCUT2D eigenvalue weighted by Crippen LogP contribution is -2.50. The molecule has 7 N–H and O–H groups in total. The number of guanidine groups is 1. The molecule has 0 saturated carbocycles. The minimum absolute atomic E-state index is 0.190. The van der Waals surface area contributed by atoms with Crippen LogP contribution in [0.4, 0.5) is 10.1 Å². The fraction of sp³-hybridized carbons (Fsp3) is 0.650. The molecule has 158 valence electrons. The van der Waals surface area contributed by atoms with Crippen molar-refractivity contribution in [2.75, 3.05) is 44.7 Å². The third-order valence-corrected chi connectivity index (χ3v) is 7.21. The number of nitrogens with two attached hydrogens (primary N) is 2. The number of nitrogens with zero attached hydrogens (tertiary/aromatic N) is 3. The van der Waals surface area contributed by atoms with Crippen molar-refractivity contribution in [1.82, 2.24) is 21.1 Å². The van der Waals surface area contributed by atoms with Gasteiger partial charge in [-0.1, -0.05) is 6.07 Å². The molecular formula is C20H31FN8. The zero-order valence-corrected chi connectivity index (χ0v) is 16.9. The van der Waals surface area contributed by atoms with E-state index in [1.54, 1.807) is 6.07 Å². The summed E-state index contributed by atoms with van der Waals surface area (Å²) >= 11 is 0. The van der Waals surface area contributed by atoms with E-state index in [1.165, 1.54) is 19.2 Å². The van der Waals surface area contributed by atoms with Crippen molar-refractivity contribution < 1.29 is 4.39 Å². The van der Waals surface area contributed by atoms with Gasteiger partial charge in [0.25, 0.3) is 0 Å². The predicted octanol–water partition coefficient (Wildman–Crippen LogP) is -0.317. The van der Waals surface area contributed by atoms with E-state index in [1.807, 2.05) is 6.07 Å². The highest BCUT2D eigenvalue weighted by atomic mass is 19.1. The maximum absolute atomic E-state index is 14.9. The van der Waals surface area contributed by atoms with Crippen molar-refractivity contribution in [1.29, 1.82) is 0 Å². The summed E-state index contributed by atoms with van der Waals surface area (Å²) in [5.74, 6) is 0.921. The van der Waals surface area contributed by atoms with Crippen molar-refractivity contribution in [3.63, 3.8) is 0 Å². The first-order valence-corrected chi connectivity index (χ1v) is 10.6. The molecule has 4 unspecified atom stereocenters. The molecule has 4 aliphatic rings. The second kappa shape index (κ2) is 7.09. The monoisotopic (exact) mass is 402 g/mol. The number of benzene rings is 1. The molecule has 4 atom stereocenters. The average molecular weight is 403 g/mol. The van der Waals surface area contributed by atoms with Gasteiger partial charge >= 0.3 is 0 Å². The summed E-state index contributed by atoms with van der Waals surface area (Å²) in [6, 6.07) is 5.69. The van der Waals surface area contributed by atoms with E-state index in [2.05, 4.69) is 38.0 Å². The fourth-order valence-electron chi connectivity index (χ4n) is 5.74. The van der Waals surface area contributed by atoms with Gasteiger partial charge in [0.05, 0.1) is 5.69 Å². The fourth-order valence-corrected chi connectivity index (χ4v) is 5.74. The topological polar surface area (TPSA) is 107 Å². The minimum Gasteiger partial charge on any atom is -0.369 e. The van der Waals surface area contributed by atoms with Crippen LogP contribution in [0.5, 0.6) is 0 Å². The Balaban J connectivity index is 1.24. The number of likely N-dealkylation sites (tertiary alicyclic amines) is 1. The van der Waals surface area contributed by atoms with Gasteiger partial charge in [0.2, 0.25) is 11.7 Å². The van der Waals surface area contributed by atoms with Gasteiger partial charge in [0, 0.05) is 37.8 Å². The number of nitrogens with one attached hydrogen (secondary N) is 3. The highest BCUT2D eigenvalue weighted by Gasteiger charge is 2.45. The second-order valence-electron chi connectivity index (χ2n) is 9.08. The van der Waals surface area contributed by atoms with Crippen LogP contribution in [0.3, 0.4) is 0 Å². The van der Waals surface area contributed by atoms with Crippen molar-refractivity contribution in [3.05, 3.63) is 29.6 Å². The highest BCUT2D eigenvalue weighted by molar-refractivity contribution is 5.79. The Kier molecular flexibility index (Phi) is 4.65. The number of anilines is 1. The smallest absolute Gasteiger partial charge is 0.209 e. The molecule has 3 saturated heterocycles. The number of rotatable bonds is 3. The molecule has 1 aromatic rings. The summed E-state index contributed by atoms with van der Waals surface area (Å²) in [5, 5.41) is 3.79. The molecule has 0 radical (unpaired) electrons. The third kappa shape index (κ3) is 3.35. The number of piperidine rings is 1. The van der Waals surface area contributed by atoms with Crippen LogP contribution in [0.25, 0.3) is 0 Å². The molecule has 8 nitrogen and oxygen atoms in total. The lowest BCUT2D eigenvalue weighted by molar-refractivity contribution is 0.253. The average Bonchev–Trinajstić information content (AvgIpc) is 3.36. The predicted molar refractivity (Wildman–Crippen MR) is 111 cm³/mol. The van der Waals surface area contributed by atoms with Crippen LogP contribution in [-0.4, -0.2) is 56.7 Å². The Morgan fingerprint density at radius 3 is 2.69 bits per heavy atom. The van der Waals surface area contributed by atoms with E-state index >= 15 is 0 Å². The van der Waals surface area contributed by atoms with E-state index in [0.29, 0.717) is 23.2 Å². The Morgan fingerprint density at radius 2 is 2.00 bits per heavy atom. The number of aliphatic imine (C=N–C) groups is 1. The molecule has 4 heterocycles. The summed E-state index contributed by atoms with van der Waals surface area (Å²) in [6.07, 6.45) is 2.19. The summed E-state index contributed by atoms with van der Waals surface area (Å²) < 4.78 is 14.9. The summed E-state index contributed by atoms with van der Waals surface area (Å²) in [6.45, 7) is 5.32. The third-order valence-electron chi connectivity index (χ3n) is 7.21. The first-order valence-electron chi connectivity index (χ1n) is 10.6. The van der Waals surface area contributed by atoms with E-state index in [9.17, 15) is 4.39 Å². The maximum Gasteiger partial charge on any atom is 0.209 e. The van der Waals surface area contributed by atoms with Gasteiger partial charge in [0.1, 0.15) is 5.82 Å². The number of hydrazine groups is 1. The van der Waals surface area contributed by atoms with Crippen LogP contribution in [0.15, 0.2) is 23.2 Å². The summed E-state index contributed by atoms with van der Waals surface area (Å²) in [7, 11) is 2.23. The van der Waals surface area contributed by atoms with Crippen LogP contribution in [-0.2, 0) is 5.79 Å². The van der Waals surface area contributed by atoms with Gasteiger partial charge in [-0.15, -0.1) is 0 Å². The van der Waals surface area contributed by atoms with Crippen molar-refractivity contribution in [2.24, 2.45) is 34.2 Å². The normalized spacial score (nSPS) is 35.6. The minimum atomic E-state index is -1.24. The number of hydrogen-bond acceptors (Lipinski definition) is 8. The molecule has 0 amide bonds. The van der Waals surface area contributed by atoms with E-state index in [-0.39, 0.29) is 11.8 Å². The largest absolute Gasteiger partial charge is 0.369 e. The van der Waals surface area contributed by atoms with Gasteiger partial charge in [-0.2, -0.15) is 5.43 Å². The van der Waals surface area contributed by atoms with Crippen LogP contribution in [0.2, 0.25) is 0 Å². The first-order chi connectivity index (χ1) is 13.9. The van der Waals surface area contributed by atoms with Crippen molar-refractivity contribution in [2.45, 2.75) is 24.7 Å². The van der Waals surface area contributed by atoms with Crippen LogP contribution in [0.1, 0.15) is 18.4 Å². The second-order valence-corrected chi connectivity index (χ2v) is 9.08. The van der Waals surface area contributed by atoms with E-state index < -0.39 is 5.79 Å². The number of hydrogen-bond donors (Lipinski definition) is 5. The van der Waals surface area contributed by atoms with E-state index in [4.69, 9.17) is 11.5 Å². The molecule has 29 heavy (non-hydrogen) atoms.